The lowest BCUT2D eigenvalue weighted by atomic mass is 9.95. The second-order valence-corrected chi connectivity index (χ2v) is 10.7. The van der Waals surface area contributed by atoms with Crippen molar-refractivity contribution in [1.82, 2.24) is 8.87 Å². The highest BCUT2D eigenvalue weighted by atomic mass is 32.2. The van der Waals surface area contributed by atoms with Crippen LogP contribution in [0.15, 0.2) is 64.3 Å². The number of hydrogen-bond acceptors (Lipinski definition) is 4. The van der Waals surface area contributed by atoms with Gasteiger partial charge in [-0.05, 0) is 36.6 Å². The molecule has 1 saturated carbocycles. The largest absolute Gasteiger partial charge is 0.417 e. The first-order valence-corrected chi connectivity index (χ1v) is 13.0. The molecule has 1 fully saturated rings. The number of para-hydroxylation sites is 1. The van der Waals surface area contributed by atoms with Crippen molar-refractivity contribution in [2.75, 3.05) is 13.2 Å². The van der Waals surface area contributed by atoms with Gasteiger partial charge in [0.15, 0.2) is 0 Å². The quantitative estimate of drug-likeness (QED) is 0.514. The Morgan fingerprint density at radius 3 is 2.29 bits per heavy atom. The number of nitrogens with zero attached hydrogens (tertiary/aromatic N) is 2. The summed E-state index contributed by atoms with van der Waals surface area (Å²) < 4.78 is 69.6. The minimum Gasteiger partial charge on any atom is -0.395 e. The fourth-order valence-corrected chi connectivity index (χ4v) is 6.46. The number of benzene rings is 2. The van der Waals surface area contributed by atoms with Gasteiger partial charge >= 0.3 is 6.18 Å². The van der Waals surface area contributed by atoms with Gasteiger partial charge < -0.3 is 9.67 Å². The maximum atomic E-state index is 13.4. The molecule has 0 radical (unpaired) electrons. The molecular formula is C25H27F3N2O4S. The van der Waals surface area contributed by atoms with Crippen molar-refractivity contribution in [3.63, 3.8) is 0 Å². The molecule has 1 aliphatic carbocycles. The molecule has 0 bridgehead atoms. The fourth-order valence-electron chi connectivity index (χ4n) is 4.78. The fraction of sp³-hybridized carbons (Fsp3) is 0.400. The Labute approximate surface area is 201 Å². The molecule has 0 amide bonds. The standard InChI is InChI=1S/C25H27F3N2O4S/c26-25(27,28)22-16-24(32)29(23-9-5-4-8-21(22)23)17-18-10-12-20(13-11-18)35(33,34)30(14-15-31)19-6-2-1-3-7-19/h4-5,8-13,16,19,31H,1-3,6-7,14-15,17H2. The van der Waals surface area contributed by atoms with Gasteiger partial charge in [-0.25, -0.2) is 8.42 Å². The minimum atomic E-state index is -4.66. The van der Waals surface area contributed by atoms with Crippen molar-refractivity contribution in [2.45, 2.75) is 55.8 Å². The monoisotopic (exact) mass is 508 g/mol. The molecule has 188 valence electrons. The van der Waals surface area contributed by atoms with Gasteiger partial charge in [-0.2, -0.15) is 17.5 Å². The maximum Gasteiger partial charge on any atom is 0.417 e. The van der Waals surface area contributed by atoms with Crippen LogP contribution in [-0.4, -0.2) is 41.6 Å². The summed E-state index contributed by atoms with van der Waals surface area (Å²) in [6.45, 7) is -0.278. The lowest BCUT2D eigenvalue weighted by molar-refractivity contribution is -0.136. The van der Waals surface area contributed by atoms with Crippen molar-refractivity contribution in [1.29, 1.82) is 0 Å². The summed E-state index contributed by atoms with van der Waals surface area (Å²) in [7, 11) is -3.84. The van der Waals surface area contributed by atoms with Crippen LogP contribution in [0.3, 0.4) is 0 Å². The Hall–Kier alpha value is -2.69. The summed E-state index contributed by atoms with van der Waals surface area (Å²) in [5.74, 6) is 0. The van der Waals surface area contributed by atoms with Crippen molar-refractivity contribution in [2.24, 2.45) is 0 Å². The highest BCUT2D eigenvalue weighted by Crippen LogP contribution is 2.34. The van der Waals surface area contributed by atoms with Crippen LogP contribution in [0.1, 0.15) is 43.2 Å². The van der Waals surface area contributed by atoms with Crippen molar-refractivity contribution in [3.05, 3.63) is 76.1 Å². The third-order valence-electron chi connectivity index (χ3n) is 6.50. The average Bonchev–Trinajstić information content (AvgIpc) is 2.84. The van der Waals surface area contributed by atoms with Crippen molar-refractivity contribution < 1.29 is 26.7 Å². The van der Waals surface area contributed by atoms with E-state index in [0.29, 0.717) is 11.6 Å². The van der Waals surface area contributed by atoms with E-state index < -0.39 is 27.3 Å². The zero-order valence-electron chi connectivity index (χ0n) is 19.0. The number of pyridine rings is 1. The summed E-state index contributed by atoms with van der Waals surface area (Å²) >= 11 is 0. The number of sulfonamides is 1. The van der Waals surface area contributed by atoms with Gasteiger partial charge in [-0.3, -0.25) is 4.79 Å². The number of aliphatic hydroxyl groups is 1. The van der Waals surface area contributed by atoms with Crippen LogP contribution in [0.4, 0.5) is 13.2 Å². The normalized spacial score (nSPS) is 15.7. The van der Waals surface area contributed by atoms with E-state index in [1.807, 2.05) is 0 Å². The Morgan fingerprint density at radius 1 is 1.00 bits per heavy atom. The summed E-state index contributed by atoms with van der Waals surface area (Å²) in [4.78, 5) is 12.7. The first-order chi connectivity index (χ1) is 16.6. The summed E-state index contributed by atoms with van der Waals surface area (Å²) in [5.41, 5.74) is -1.06. The Balaban J connectivity index is 1.65. The zero-order valence-corrected chi connectivity index (χ0v) is 19.9. The Kier molecular flexibility index (Phi) is 7.35. The van der Waals surface area contributed by atoms with Crippen LogP contribution >= 0.6 is 0 Å². The summed E-state index contributed by atoms with van der Waals surface area (Å²) in [6.07, 6.45) is -0.209. The second-order valence-electron chi connectivity index (χ2n) is 8.77. The van der Waals surface area contributed by atoms with E-state index in [0.717, 1.165) is 32.1 Å². The van der Waals surface area contributed by atoms with Gasteiger partial charge in [0.1, 0.15) is 0 Å². The predicted octanol–water partition coefficient (Wildman–Crippen LogP) is 4.38. The Bertz CT molecular complexity index is 1350. The SMILES string of the molecule is O=c1cc(C(F)(F)F)c2ccccc2n1Cc1ccc(S(=O)(=O)N(CCO)C2CCCCC2)cc1. The van der Waals surface area contributed by atoms with E-state index in [-0.39, 0.29) is 41.5 Å². The highest BCUT2D eigenvalue weighted by Gasteiger charge is 2.34. The molecule has 1 N–H and O–H groups in total. The summed E-state index contributed by atoms with van der Waals surface area (Å²) in [5, 5.41) is 9.38. The lowest BCUT2D eigenvalue weighted by Gasteiger charge is -2.33. The zero-order chi connectivity index (χ0) is 25.2. The molecule has 0 spiro atoms. The molecule has 0 atom stereocenters. The second kappa shape index (κ2) is 10.1. The number of alkyl halides is 3. The van der Waals surface area contributed by atoms with E-state index in [1.54, 1.807) is 18.2 Å². The lowest BCUT2D eigenvalue weighted by Crippen LogP contribution is -2.43. The minimum absolute atomic E-state index is 0.0131. The Morgan fingerprint density at radius 2 is 1.66 bits per heavy atom. The molecule has 4 rings (SSSR count). The van der Waals surface area contributed by atoms with Crippen LogP contribution in [0, 0.1) is 0 Å². The molecule has 10 heteroatoms. The smallest absolute Gasteiger partial charge is 0.395 e. The molecule has 0 aliphatic heterocycles. The molecule has 0 unspecified atom stereocenters. The van der Waals surface area contributed by atoms with E-state index >= 15 is 0 Å². The van der Waals surface area contributed by atoms with E-state index in [2.05, 4.69) is 0 Å². The van der Waals surface area contributed by atoms with E-state index in [4.69, 9.17) is 0 Å². The first kappa shape index (κ1) is 25.4. The van der Waals surface area contributed by atoms with Crippen LogP contribution < -0.4 is 5.56 Å². The van der Waals surface area contributed by atoms with Crippen molar-refractivity contribution in [3.8, 4) is 0 Å². The van der Waals surface area contributed by atoms with Crippen LogP contribution in [0.5, 0.6) is 0 Å². The summed E-state index contributed by atoms with van der Waals surface area (Å²) in [6, 6.07) is 12.3. The van der Waals surface area contributed by atoms with Gasteiger partial charge in [0.2, 0.25) is 10.0 Å². The van der Waals surface area contributed by atoms with Crippen LogP contribution in [-0.2, 0) is 22.7 Å². The number of rotatable bonds is 7. The molecular weight excluding hydrogens is 481 g/mol. The molecule has 35 heavy (non-hydrogen) atoms. The molecule has 0 saturated heterocycles. The van der Waals surface area contributed by atoms with Crippen LogP contribution in [0.25, 0.3) is 10.9 Å². The maximum absolute atomic E-state index is 13.4. The molecule has 1 heterocycles. The topological polar surface area (TPSA) is 79.6 Å². The average molecular weight is 509 g/mol. The van der Waals surface area contributed by atoms with Crippen molar-refractivity contribution >= 4 is 20.9 Å². The van der Waals surface area contributed by atoms with E-state index in [9.17, 15) is 31.5 Å². The van der Waals surface area contributed by atoms with Gasteiger partial charge in [-0.15, -0.1) is 0 Å². The first-order valence-electron chi connectivity index (χ1n) is 11.5. The molecule has 1 aliphatic rings. The number of aliphatic hydroxyl groups excluding tert-OH is 1. The van der Waals surface area contributed by atoms with Gasteiger partial charge in [0.25, 0.3) is 5.56 Å². The molecule has 6 nitrogen and oxygen atoms in total. The number of aromatic nitrogens is 1. The third kappa shape index (κ3) is 5.29. The molecule has 2 aromatic carbocycles. The number of fused-ring (bicyclic) bond motifs is 1. The third-order valence-corrected chi connectivity index (χ3v) is 8.46. The predicted molar refractivity (Wildman–Crippen MR) is 127 cm³/mol. The van der Waals surface area contributed by atoms with Gasteiger partial charge in [-0.1, -0.05) is 49.6 Å². The van der Waals surface area contributed by atoms with E-state index in [1.165, 1.54) is 39.2 Å². The highest BCUT2D eigenvalue weighted by molar-refractivity contribution is 7.89. The van der Waals surface area contributed by atoms with Crippen LogP contribution in [0.2, 0.25) is 0 Å². The number of halogens is 3. The number of hydrogen-bond donors (Lipinski definition) is 1. The van der Waals surface area contributed by atoms with Gasteiger partial charge in [0.05, 0.1) is 29.1 Å². The molecule has 1 aromatic heterocycles. The van der Waals surface area contributed by atoms with Gasteiger partial charge in [0, 0.05) is 24.0 Å². The molecule has 3 aromatic rings.